The monoisotopic (exact) mass is 344 g/mol. The Morgan fingerprint density at radius 3 is 2.37 bits per heavy atom. The predicted octanol–water partition coefficient (Wildman–Crippen LogP) is 5.67. The summed E-state index contributed by atoms with van der Waals surface area (Å²) in [5, 5.41) is -0.659. The summed E-state index contributed by atoms with van der Waals surface area (Å²) in [5.41, 5.74) is 2.47. The fraction of sp³-hybridized carbons (Fsp3) is 0.200. The third-order valence-corrected chi connectivity index (χ3v) is 4.17. The van der Waals surface area contributed by atoms with E-state index in [2.05, 4.69) is 15.9 Å². The van der Waals surface area contributed by atoms with Crippen LogP contribution in [-0.2, 0) is 0 Å². The Kier molecular flexibility index (Phi) is 4.26. The maximum atomic E-state index is 13.9. The Balaban J connectivity index is 2.52. The van der Waals surface area contributed by atoms with Crippen LogP contribution in [0.3, 0.4) is 0 Å². The molecule has 0 aliphatic heterocycles. The summed E-state index contributed by atoms with van der Waals surface area (Å²) in [6, 6.07) is 8.03. The van der Waals surface area contributed by atoms with Crippen molar-refractivity contribution in [3.63, 3.8) is 0 Å². The lowest BCUT2D eigenvalue weighted by Gasteiger charge is -2.15. The number of alkyl halides is 1. The fourth-order valence-corrected chi connectivity index (χ4v) is 2.85. The average Bonchev–Trinajstić information content (AvgIpc) is 2.36. The van der Waals surface area contributed by atoms with Gasteiger partial charge in [0, 0.05) is 16.1 Å². The van der Waals surface area contributed by atoms with Crippen molar-refractivity contribution in [2.75, 3.05) is 0 Å². The molecule has 0 amide bonds. The van der Waals surface area contributed by atoms with Gasteiger partial charge in [-0.2, -0.15) is 0 Å². The Hall–Kier alpha value is -0.930. The van der Waals surface area contributed by atoms with Crippen molar-refractivity contribution in [2.45, 2.75) is 19.2 Å². The number of rotatable bonds is 2. The molecule has 0 nitrogen and oxygen atoms in total. The molecule has 19 heavy (non-hydrogen) atoms. The van der Waals surface area contributed by atoms with Crippen molar-refractivity contribution in [3.8, 4) is 0 Å². The molecule has 0 N–H and O–H groups in total. The number of hydrogen-bond donors (Lipinski definition) is 0. The highest BCUT2D eigenvalue weighted by atomic mass is 79.9. The SMILES string of the molecule is Cc1ccc(Br)c(C(Cl)c2cc(C)c(F)cc2F)c1. The first kappa shape index (κ1) is 14.5. The molecule has 0 radical (unpaired) electrons. The summed E-state index contributed by atoms with van der Waals surface area (Å²) in [6.07, 6.45) is 0. The Bertz CT molecular complexity index is 626. The molecule has 0 saturated heterocycles. The average molecular weight is 346 g/mol. The molecule has 1 unspecified atom stereocenters. The van der Waals surface area contributed by atoms with Gasteiger partial charge in [0.15, 0.2) is 0 Å². The van der Waals surface area contributed by atoms with E-state index in [0.29, 0.717) is 5.56 Å². The van der Waals surface area contributed by atoms with Crippen LogP contribution in [0.5, 0.6) is 0 Å². The van der Waals surface area contributed by atoms with Gasteiger partial charge in [0.25, 0.3) is 0 Å². The van der Waals surface area contributed by atoms with Gasteiger partial charge in [-0.1, -0.05) is 33.6 Å². The van der Waals surface area contributed by atoms with Crippen molar-refractivity contribution in [1.29, 1.82) is 0 Å². The highest BCUT2D eigenvalue weighted by Crippen LogP contribution is 2.36. The minimum Gasteiger partial charge on any atom is -0.207 e. The second kappa shape index (κ2) is 5.59. The lowest BCUT2D eigenvalue weighted by molar-refractivity contribution is 0.568. The summed E-state index contributed by atoms with van der Waals surface area (Å²) < 4.78 is 27.9. The minimum atomic E-state index is -0.659. The number of hydrogen-bond acceptors (Lipinski definition) is 0. The molecule has 2 aromatic carbocycles. The van der Waals surface area contributed by atoms with Crippen LogP contribution in [-0.4, -0.2) is 0 Å². The molecule has 0 heterocycles. The molecule has 2 rings (SSSR count). The highest BCUT2D eigenvalue weighted by molar-refractivity contribution is 9.10. The van der Waals surface area contributed by atoms with Crippen molar-refractivity contribution < 1.29 is 8.78 Å². The topological polar surface area (TPSA) is 0 Å². The van der Waals surface area contributed by atoms with Gasteiger partial charge in [0.05, 0.1) is 5.38 Å². The second-order valence-corrected chi connectivity index (χ2v) is 5.80. The number of benzene rings is 2. The number of halogens is 4. The Labute approximate surface area is 124 Å². The van der Waals surface area contributed by atoms with Gasteiger partial charge in [-0.05, 0) is 37.1 Å². The quantitative estimate of drug-likeness (QED) is 0.615. The summed E-state index contributed by atoms with van der Waals surface area (Å²) in [6.45, 7) is 3.53. The normalized spacial score (nSPS) is 12.5. The lowest BCUT2D eigenvalue weighted by atomic mass is 10.0. The van der Waals surface area contributed by atoms with Gasteiger partial charge in [-0.15, -0.1) is 11.6 Å². The van der Waals surface area contributed by atoms with Crippen LogP contribution in [0.25, 0.3) is 0 Å². The van der Waals surface area contributed by atoms with Crippen LogP contribution < -0.4 is 0 Å². The summed E-state index contributed by atoms with van der Waals surface area (Å²) in [4.78, 5) is 0. The third-order valence-electron chi connectivity index (χ3n) is 2.98. The molecule has 100 valence electrons. The molecule has 0 saturated carbocycles. The molecular formula is C15H12BrClF2. The fourth-order valence-electron chi connectivity index (χ4n) is 1.90. The third kappa shape index (κ3) is 2.98. The van der Waals surface area contributed by atoms with E-state index >= 15 is 0 Å². The first-order chi connectivity index (χ1) is 8.90. The molecular weight excluding hydrogens is 334 g/mol. The van der Waals surface area contributed by atoms with Crippen molar-refractivity contribution in [1.82, 2.24) is 0 Å². The van der Waals surface area contributed by atoms with Gasteiger partial charge < -0.3 is 0 Å². The molecule has 1 atom stereocenters. The van der Waals surface area contributed by atoms with E-state index in [9.17, 15) is 8.78 Å². The van der Waals surface area contributed by atoms with Gasteiger partial charge in [-0.3, -0.25) is 0 Å². The van der Waals surface area contributed by atoms with Crippen molar-refractivity contribution >= 4 is 27.5 Å². The Morgan fingerprint density at radius 2 is 1.68 bits per heavy atom. The maximum absolute atomic E-state index is 13.9. The molecule has 0 aliphatic rings. The zero-order valence-corrected chi connectivity index (χ0v) is 12.8. The molecule has 0 fully saturated rings. The van der Waals surface area contributed by atoms with Crippen molar-refractivity contribution in [3.05, 3.63) is 68.7 Å². The molecule has 0 bridgehead atoms. The van der Waals surface area contributed by atoms with E-state index in [1.165, 1.54) is 6.07 Å². The second-order valence-electron chi connectivity index (χ2n) is 4.51. The van der Waals surface area contributed by atoms with Crippen LogP contribution >= 0.6 is 27.5 Å². The highest BCUT2D eigenvalue weighted by Gasteiger charge is 2.19. The minimum absolute atomic E-state index is 0.284. The van der Waals surface area contributed by atoms with E-state index in [1.54, 1.807) is 6.92 Å². The molecule has 0 spiro atoms. The van der Waals surface area contributed by atoms with Crippen LogP contribution in [0.4, 0.5) is 8.78 Å². The lowest BCUT2D eigenvalue weighted by Crippen LogP contribution is -2.01. The van der Waals surface area contributed by atoms with E-state index in [4.69, 9.17) is 11.6 Å². The van der Waals surface area contributed by atoms with E-state index in [0.717, 1.165) is 21.7 Å². The van der Waals surface area contributed by atoms with E-state index in [1.807, 2.05) is 25.1 Å². The number of aryl methyl sites for hydroxylation is 2. The molecule has 0 aliphatic carbocycles. The smallest absolute Gasteiger partial charge is 0.131 e. The summed E-state index contributed by atoms with van der Waals surface area (Å²) in [5.74, 6) is -1.19. The van der Waals surface area contributed by atoms with Gasteiger partial charge in [0.1, 0.15) is 11.6 Å². The van der Waals surface area contributed by atoms with E-state index in [-0.39, 0.29) is 5.56 Å². The Morgan fingerprint density at radius 1 is 1.00 bits per heavy atom. The summed E-state index contributed by atoms with van der Waals surface area (Å²) >= 11 is 9.75. The predicted molar refractivity (Wildman–Crippen MR) is 77.7 cm³/mol. The van der Waals surface area contributed by atoms with Crippen LogP contribution in [0, 0.1) is 25.5 Å². The maximum Gasteiger partial charge on any atom is 0.131 e. The first-order valence-electron chi connectivity index (χ1n) is 5.76. The van der Waals surface area contributed by atoms with Crippen LogP contribution in [0.1, 0.15) is 27.6 Å². The van der Waals surface area contributed by atoms with Crippen LogP contribution in [0.15, 0.2) is 34.8 Å². The van der Waals surface area contributed by atoms with Crippen molar-refractivity contribution in [2.24, 2.45) is 0 Å². The largest absolute Gasteiger partial charge is 0.207 e. The molecule has 0 aromatic heterocycles. The first-order valence-corrected chi connectivity index (χ1v) is 6.98. The van der Waals surface area contributed by atoms with Gasteiger partial charge in [-0.25, -0.2) is 8.78 Å². The zero-order valence-electron chi connectivity index (χ0n) is 10.5. The summed E-state index contributed by atoms with van der Waals surface area (Å²) in [7, 11) is 0. The molecule has 2 aromatic rings. The van der Waals surface area contributed by atoms with Gasteiger partial charge >= 0.3 is 0 Å². The van der Waals surface area contributed by atoms with Gasteiger partial charge in [0.2, 0.25) is 0 Å². The zero-order chi connectivity index (χ0) is 14.2. The van der Waals surface area contributed by atoms with E-state index < -0.39 is 17.0 Å². The van der Waals surface area contributed by atoms with Crippen LogP contribution in [0.2, 0.25) is 0 Å². The molecule has 4 heteroatoms. The standard InChI is InChI=1S/C15H12BrClF2/c1-8-3-4-12(16)10(5-8)15(17)11-6-9(2)13(18)7-14(11)19/h3-7,15H,1-2H3.